The Balaban J connectivity index is 1.57. The van der Waals surface area contributed by atoms with E-state index in [1.165, 1.54) is 11.3 Å². The average molecular weight is 448 g/mol. The van der Waals surface area contributed by atoms with Gasteiger partial charge in [-0.25, -0.2) is 9.78 Å². The van der Waals surface area contributed by atoms with Gasteiger partial charge in [-0.05, 0) is 36.8 Å². The van der Waals surface area contributed by atoms with Gasteiger partial charge in [0.25, 0.3) is 0 Å². The number of methoxy groups -OCH3 is 1. The Morgan fingerprint density at radius 3 is 2.78 bits per heavy atom. The lowest BCUT2D eigenvalue weighted by Crippen LogP contribution is -2.15. The number of para-hydroxylation sites is 1. The minimum Gasteiger partial charge on any atom is -0.496 e. The number of benzene rings is 2. The fourth-order valence-corrected chi connectivity index (χ4v) is 3.58. The number of rotatable bonds is 7. The maximum Gasteiger partial charge on any atom is 0.344 e. The maximum atomic E-state index is 11.9. The zero-order valence-corrected chi connectivity index (χ0v) is 17.3. The average Bonchev–Trinajstić information content (AvgIpc) is 3.14. The molecule has 0 fully saturated rings. The van der Waals surface area contributed by atoms with E-state index in [-0.39, 0.29) is 13.2 Å². The highest BCUT2D eigenvalue weighted by Gasteiger charge is 2.13. The van der Waals surface area contributed by atoms with Crippen LogP contribution in [0.25, 0.3) is 10.6 Å². The predicted molar refractivity (Wildman–Crippen MR) is 108 cm³/mol. The van der Waals surface area contributed by atoms with E-state index in [0.29, 0.717) is 11.4 Å². The number of halogens is 1. The molecule has 0 N–H and O–H groups in total. The molecule has 0 aliphatic heterocycles. The number of hydrogen-bond acceptors (Lipinski definition) is 6. The molecule has 5 nitrogen and oxygen atoms in total. The molecule has 3 aromatic rings. The summed E-state index contributed by atoms with van der Waals surface area (Å²) in [7, 11) is 1.62. The van der Waals surface area contributed by atoms with E-state index < -0.39 is 5.97 Å². The quantitative estimate of drug-likeness (QED) is 0.476. The first kappa shape index (κ1) is 19.4. The molecular formula is C20H18BrNO4S. The molecule has 0 bridgehead atoms. The summed E-state index contributed by atoms with van der Waals surface area (Å²) in [6.07, 6.45) is 0. The van der Waals surface area contributed by atoms with Crippen molar-refractivity contribution in [3.63, 3.8) is 0 Å². The van der Waals surface area contributed by atoms with Crippen LogP contribution in [-0.2, 0) is 16.1 Å². The van der Waals surface area contributed by atoms with E-state index in [9.17, 15) is 4.79 Å². The fourth-order valence-electron chi connectivity index (χ4n) is 2.40. The Morgan fingerprint density at radius 2 is 2.00 bits per heavy atom. The Bertz CT molecular complexity index is 941. The minimum absolute atomic E-state index is 0.1000. The van der Waals surface area contributed by atoms with Gasteiger partial charge in [-0.1, -0.05) is 34.1 Å². The van der Waals surface area contributed by atoms with Gasteiger partial charge in [-0.3, -0.25) is 0 Å². The summed E-state index contributed by atoms with van der Waals surface area (Å²) in [6.45, 7) is 1.89. The number of hydrogen-bond donors (Lipinski definition) is 0. The van der Waals surface area contributed by atoms with Crippen molar-refractivity contribution < 1.29 is 19.0 Å². The lowest BCUT2D eigenvalue weighted by atomic mass is 10.2. The molecule has 7 heteroatoms. The van der Waals surface area contributed by atoms with Crippen molar-refractivity contribution >= 4 is 33.2 Å². The lowest BCUT2D eigenvalue weighted by molar-refractivity contribution is -0.147. The third kappa shape index (κ3) is 5.08. The zero-order valence-electron chi connectivity index (χ0n) is 14.9. The van der Waals surface area contributed by atoms with Crippen molar-refractivity contribution in [2.45, 2.75) is 13.5 Å². The topological polar surface area (TPSA) is 57.7 Å². The highest BCUT2D eigenvalue weighted by atomic mass is 79.9. The molecule has 0 aliphatic rings. The van der Waals surface area contributed by atoms with Crippen LogP contribution in [0.4, 0.5) is 0 Å². The summed E-state index contributed by atoms with van der Waals surface area (Å²) >= 11 is 4.93. The van der Waals surface area contributed by atoms with E-state index in [1.54, 1.807) is 7.11 Å². The molecular weight excluding hydrogens is 430 g/mol. The van der Waals surface area contributed by atoms with Gasteiger partial charge >= 0.3 is 5.97 Å². The van der Waals surface area contributed by atoms with E-state index in [4.69, 9.17) is 14.2 Å². The maximum absolute atomic E-state index is 11.9. The van der Waals surface area contributed by atoms with Gasteiger partial charge in [-0.15, -0.1) is 11.3 Å². The number of aromatic nitrogens is 1. The highest BCUT2D eigenvalue weighted by molar-refractivity contribution is 9.10. The van der Waals surface area contributed by atoms with Crippen LogP contribution in [0, 0.1) is 6.92 Å². The third-order valence-electron chi connectivity index (χ3n) is 3.76. The van der Waals surface area contributed by atoms with Crippen molar-refractivity contribution in [1.82, 2.24) is 4.98 Å². The Hall–Kier alpha value is -2.38. The molecule has 2 aromatic carbocycles. The van der Waals surface area contributed by atoms with Crippen LogP contribution >= 0.6 is 27.3 Å². The summed E-state index contributed by atoms with van der Waals surface area (Å²) in [5.74, 6) is 0.975. The highest BCUT2D eigenvalue weighted by Crippen LogP contribution is 2.34. The normalized spacial score (nSPS) is 10.5. The number of aryl methyl sites for hydroxylation is 1. The summed E-state index contributed by atoms with van der Waals surface area (Å²) < 4.78 is 17.1. The molecule has 0 saturated carbocycles. The smallest absolute Gasteiger partial charge is 0.344 e. The Kier molecular flexibility index (Phi) is 6.47. The summed E-state index contributed by atoms with van der Waals surface area (Å²) in [6, 6.07) is 13.3. The Morgan fingerprint density at radius 1 is 1.19 bits per heavy atom. The molecule has 0 spiro atoms. The number of carbonyl (C=O) groups excluding carboxylic acids is 1. The van der Waals surface area contributed by atoms with Crippen molar-refractivity contribution in [3.8, 4) is 22.1 Å². The number of thiazole rings is 1. The van der Waals surface area contributed by atoms with Gasteiger partial charge in [0.2, 0.25) is 0 Å². The standard InChI is InChI=1S/C20H18BrNO4S/c1-13-5-3-4-6-17(13)25-11-19(23)26-10-15-12-27-20(22-15)16-9-14(21)7-8-18(16)24-2/h3-9,12H,10-11H2,1-2H3. The monoisotopic (exact) mass is 447 g/mol. The molecule has 0 radical (unpaired) electrons. The summed E-state index contributed by atoms with van der Waals surface area (Å²) in [5.41, 5.74) is 2.54. The number of nitrogens with zero attached hydrogens (tertiary/aromatic N) is 1. The Labute approximate surface area is 170 Å². The van der Waals surface area contributed by atoms with Crippen LogP contribution in [-0.4, -0.2) is 24.7 Å². The molecule has 3 rings (SSSR count). The molecule has 1 aromatic heterocycles. The second kappa shape index (κ2) is 9.01. The molecule has 0 aliphatic carbocycles. The van der Waals surface area contributed by atoms with Gasteiger partial charge in [0.05, 0.1) is 18.4 Å². The summed E-state index contributed by atoms with van der Waals surface area (Å²) in [5, 5.41) is 2.67. The van der Waals surface area contributed by atoms with Crippen molar-refractivity contribution in [1.29, 1.82) is 0 Å². The van der Waals surface area contributed by atoms with Crippen LogP contribution in [0.5, 0.6) is 11.5 Å². The molecule has 27 heavy (non-hydrogen) atoms. The predicted octanol–water partition coefficient (Wildman–Crippen LogP) is 5.01. The van der Waals surface area contributed by atoms with Gasteiger partial charge in [0, 0.05) is 9.85 Å². The van der Waals surface area contributed by atoms with Crippen LogP contribution in [0.15, 0.2) is 52.3 Å². The number of carbonyl (C=O) groups is 1. The van der Waals surface area contributed by atoms with Crippen molar-refractivity contribution in [2.24, 2.45) is 0 Å². The van der Waals surface area contributed by atoms with Crippen LogP contribution in [0.1, 0.15) is 11.3 Å². The van der Waals surface area contributed by atoms with E-state index >= 15 is 0 Å². The second-order valence-corrected chi connectivity index (χ2v) is 7.48. The first-order valence-corrected chi connectivity index (χ1v) is 9.86. The second-order valence-electron chi connectivity index (χ2n) is 5.70. The van der Waals surface area contributed by atoms with E-state index in [1.807, 2.05) is 54.8 Å². The fraction of sp³-hybridized carbons (Fsp3) is 0.200. The SMILES string of the molecule is COc1ccc(Br)cc1-c1nc(COC(=O)COc2ccccc2C)cs1. The zero-order chi connectivity index (χ0) is 19.2. The third-order valence-corrected chi connectivity index (χ3v) is 5.18. The largest absolute Gasteiger partial charge is 0.496 e. The number of ether oxygens (including phenoxy) is 3. The molecule has 140 valence electrons. The van der Waals surface area contributed by atoms with Crippen LogP contribution in [0.2, 0.25) is 0 Å². The minimum atomic E-state index is -0.437. The molecule has 0 amide bonds. The molecule has 0 unspecified atom stereocenters. The first-order chi connectivity index (χ1) is 13.1. The van der Waals surface area contributed by atoms with Crippen LogP contribution in [0.3, 0.4) is 0 Å². The van der Waals surface area contributed by atoms with E-state index in [2.05, 4.69) is 20.9 Å². The summed E-state index contributed by atoms with van der Waals surface area (Å²) in [4.78, 5) is 16.5. The number of esters is 1. The van der Waals surface area contributed by atoms with Crippen LogP contribution < -0.4 is 9.47 Å². The van der Waals surface area contributed by atoms with Gasteiger partial charge < -0.3 is 14.2 Å². The molecule has 0 saturated heterocycles. The van der Waals surface area contributed by atoms with Crippen molar-refractivity contribution in [2.75, 3.05) is 13.7 Å². The molecule has 1 heterocycles. The van der Waals surface area contributed by atoms with Gasteiger partial charge in [-0.2, -0.15) is 0 Å². The first-order valence-electron chi connectivity index (χ1n) is 8.19. The lowest BCUT2D eigenvalue weighted by Gasteiger charge is -2.08. The molecule has 0 atom stereocenters. The van der Waals surface area contributed by atoms with Crippen molar-refractivity contribution in [3.05, 3.63) is 63.6 Å². The van der Waals surface area contributed by atoms with Gasteiger partial charge in [0.1, 0.15) is 23.1 Å². The van der Waals surface area contributed by atoms with Gasteiger partial charge in [0.15, 0.2) is 6.61 Å². The van der Waals surface area contributed by atoms with E-state index in [0.717, 1.165) is 26.4 Å².